The van der Waals surface area contributed by atoms with Gasteiger partial charge in [0.1, 0.15) is 5.82 Å². The molecule has 19 heavy (non-hydrogen) atoms. The normalized spacial score (nSPS) is 14.2. The molecule has 0 bridgehead atoms. The molecule has 0 saturated heterocycles. The Hall–Kier alpha value is -0.710. The summed E-state index contributed by atoms with van der Waals surface area (Å²) in [6.45, 7) is 1.76. The van der Waals surface area contributed by atoms with Gasteiger partial charge in [-0.15, -0.1) is 0 Å². The van der Waals surface area contributed by atoms with E-state index in [1.54, 1.807) is 13.0 Å². The van der Waals surface area contributed by atoms with Crippen molar-refractivity contribution in [2.75, 3.05) is 0 Å². The second-order valence-corrected chi connectivity index (χ2v) is 6.46. The van der Waals surface area contributed by atoms with E-state index in [9.17, 15) is 9.50 Å². The summed E-state index contributed by atoms with van der Waals surface area (Å²) in [5.41, 5.74) is 0.697. The Bertz CT molecular complexity index is 579. The smallest absolute Gasteiger partial charge is 0.124 e. The Balaban J connectivity index is 2.27. The van der Waals surface area contributed by atoms with Gasteiger partial charge in [0.2, 0.25) is 0 Å². The number of hydrogen-bond acceptors (Lipinski definition) is 1. The van der Waals surface area contributed by atoms with E-state index in [-0.39, 0.29) is 5.82 Å². The molecule has 0 aliphatic carbocycles. The van der Waals surface area contributed by atoms with Crippen molar-refractivity contribution in [1.29, 1.82) is 0 Å². The van der Waals surface area contributed by atoms with E-state index >= 15 is 0 Å². The first-order valence-corrected chi connectivity index (χ1v) is 7.39. The van der Waals surface area contributed by atoms with Crippen molar-refractivity contribution in [3.05, 3.63) is 68.4 Å². The zero-order valence-electron chi connectivity index (χ0n) is 10.3. The maximum absolute atomic E-state index is 13.1. The van der Waals surface area contributed by atoms with Crippen LogP contribution < -0.4 is 0 Å². The lowest BCUT2D eigenvalue weighted by molar-refractivity contribution is 0.0574. The minimum absolute atomic E-state index is 0.293. The molecule has 4 heteroatoms. The predicted molar refractivity (Wildman–Crippen MR) is 81.5 cm³/mol. The van der Waals surface area contributed by atoms with Gasteiger partial charge < -0.3 is 5.11 Å². The number of rotatable bonds is 3. The highest BCUT2D eigenvalue weighted by Crippen LogP contribution is 2.29. The third-order valence-corrected chi connectivity index (χ3v) is 4.28. The number of hydrogen-bond donors (Lipinski definition) is 1. The lowest BCUT2D eigenvalue weighted by atomic mass is 9.89. The molecule has 0 amide bonds. The van der Waals surface area contributed by atoms with Crippen molar-refractivity contribution in [3.8, 4) is 0 Å². The summed E-state index contributed by atoms with van der Waals surface area (Å²) in [6, 6.07) is 12.0. The summed E-state index contributed by atoms with van der Waals surface area (Å²) in [7, 11) is 0. The monoisotopic (exact) mass is 386 g/mol. The lowest BCUT2D eigenvalue weighted by Gasteiger charge is -2.24. The average molecular weight is 388 g/mol. The Kier molecular flexibility index (Phi) is 4.43. The van der Waals surface area contributed by atoms with E-state index in [4.69, 9.17) is 0 Å². The Morgan fingerprint density at radius 3 is 2.32 bits per heavy atom. The van der Waals surface area contributed by atoms with Gasteiger partial charge in [0, 0.05) is 15.4 Å². The molecule has 0 fully saturated rings. The predicted octanol–water partition coefficient (Wildman–Crippen LogP) is 4.80. The number of aliphatic hydroxyl groups is 1. The van der Waals surface area contributed by atoms with Gasteiger partial charge in [-0.25, -0.2) is 4.39 Å². The second kappa shape index (κ2) is 5.73. The maximum Gasteiger partial charge on any atom is 0.124 e. The Morgan fingerprint density at radius 2 is 1.74 bits per heavy atom. The second-order valence-electron chi connectivity index (χ2n) is 4.69. The van der Waals surface area contributed by atoms with Gasteiger partial charge in [-0.2, -0.15) is 0 Å². The third-order valence-electron chi connectivity index (χ3n) is 3.02. The molecule has 0 aliphatic heterocycles. The molecule has 2 rings (SSSR count). The van der Waals surface area contributed by atoms with Crippen molar-refractivity contribution < 1.29 is 9.50 Å². The molecule has 0 aromatic heterocycles. The van der Waals surface area contributed by atoms with E-state index in [1.807, 2.05) is 24.3 Å². The highest BCUT2D eigenvalue weighted by atomic mass is 79.9. The lowest BCUT2D eigenvalue weighted by Crippen LogP contribution is -2.24. The molecule has 1 N–H and O–H groups in total. The summed E-state index contributed by atoms with van der Waals surface area (Å²) in [5.74, 6) is -0.293. The van der Waals surface area contributed by atoms with Gasteiger partial charge in [-0.3, -0.25) is 0 Å². The van der Waals surface area contributed by atoms with Crippen LogP contribution in [0.2, 0.25) is 0 Å². The first-order valence-electron chi connectivity index (χ1n) is 5.81. The topological polar surface area (TPSA) is 20.2 Å². The summed E-state index contributed by atoms with van der Waals surface area (Å²) in [4.78, 5) is 0. The van der Waals surface area contributed by atoms with Crippen molar-refractivity contribution >= 4 is 31.9 Å². The van der Waals surface area contributed by atoms with E-state index in [0.29, 0.717) is 10.9 Å². The Morgan fingerprint density at radius 1 is 1.11 bits per heavy atom. The Labute approximate surface area is 128 Å². The van der Waals surface area contributed by atoms with Crippen molar-refractivity contribution in [1.82, 2.24) is 0 Å². The third kappa shape index (κ3) is 3.65. The van der Waals surface area contributed by atoms with Crippen LogP contribution in [0, 0.1) is 5.82 Å². The van der Waals surface area contributed by atoms with Crippen LogP contribution in [0.1, 0.15) is 18.1 Å². The van der Waals surface area contributed by atoms with Crippen molar-refractivity contribution in [2.24, 2.45) is 0 Å². The number of halogens is 3. The van der Waals surface area contributed by atoms with E-state index in [1.165, 1.54) is 12.1 Å². The fourth-order valence-electron chi connectivity index (χ4n) is 1.95. The van der Waals surface area contributed by atoms with Crippen LogP contribution in [-0.4, -0.2) is 5.11 Å². The molecule has 0 spiro atoms. The molecule has 2 aromatic carbocycles. The van der Waals surface area contributed by atoms with Crippen LogP contribution in [0.25, 0.3) is 0 Å². The minimum Gasteiger partial charge on any atom is -0.385 e. The SMILES string of the molecule is CC(O)(Cc1ccc(F)cc1Br)c1ccc(Br)cc1. The zero-order chi connectivity index (χ0) is 14.0. The van der Waals surface area contributed by atoms with Crippen LogP contribution in [-0.2, 0) is 12.0 Å². The molecule has 1 atom stereocenters. The van der Waals surface area contributed by atoms with Crippen LogP contribution in [0.5, 0.6) is 0 Å². The van der Waals surface area contributed by atoms with E-state index in [0.717, 1.165) is 15.6 Å². The summed E-state index contributed by atoms with van der Waals surface area (Å²) in [5, 5.41) is 10.6. The molecule has 0 saturated carbocycles. The average Bonchev–Trinajstić information content (AvgIpc) is 2.33. The first kappa shape index (κ1) is 14.7. The van der Waals surface area contributed by atoms with E-state index in [2.05, 4.69) is 31.9 Å². The van der Waals surface area contributed by atoms with Crippen molar-refractivity contribution in [3.63, 3.8) is 0 Å². The maximum atomic E-state index is 13.1. The largest absolute Gasteiger partial charge is 0.385 e. The summed E-state index contributed by atoms with van der Waals surface area (Å²) >= 11 is 6.69. The van der Waals surface area contributed by atoms with Gasteiger partial charge >= 0.3 is 0 Å². The van der Waals surface area contributed by atoms with Crippen LogP contribution in [0.4, 0.5) is 4.39 Å². The standard InChI is InChI=1S/C15H13Br2FO/c1-15(19,11-3-5-12(16)6-4-11)9-10-2-7-13(18)8-14(10)17/h2-8,19H,9H2,1H3. The minimum atomic E-state index is -0.999. The van der Waals surface area contributed by atoms with Gasteiger partial charge in [0.05, 0.1) is 5.60 Å². The number of benzene rings is 2. The molecular weight excluding hydrogens is 375 g/mol. The fourth-order valence-corrected chi connectivity index (χ4v) is 2.70. The molecule has 1 unspecified atom stereocenters. The highest BCUT2D eigenvalue weighted by Gasteiger charge is 2.24. The summed E-state index contributed by atoms with van der Waals surface area (Å²) in [6.07, 6.45) is 0.412. The molecule has 1 nitrogen and oxygen atoms in total. The highest BCUT2D eigenvalue weighted by molar-refractivity contribution is 9.10. The molecule has 100 valence electrons. The van der Waals surface area contributed by atoms with Gasteiger partial charge in [-0.05, 0) is 42.3 Å². The van der Waals surface area contributed by atoms with Crippen molar-refractivity contribution in [2.45, 2.75) is 18.9 Å². The zero-order valence-corrected chi connectivity index (χ0v) is 13.5. The molecule has 0 heterocycles. The molecular formula is C15H13Br2FO. The van der Waals surface area contributed by atoms with E-state index < -0.39 is 5.60 Å². The van der Waals surface area contributed by atoms with Crippen LogP contribution >= 0.6 is 31.9 Å². The van der Waals surface area contributed by atoms with Gasteiger partial charge in [-0.1, -0.05) is 50.1 Å². The molecule has 2 aromatic rings. The summed E-state index contributed by atoms with van der Waals surface area (Å²) < 4.78 is 14.7. The fraction of sp³-hybridized carbons (Fsp3) is 0.200. The first-order chi connectivity index (χ1) is 8.88. The molecule has 0 radical (unpaired) electrons. The molecule has 0 aliphatic rings. The van der Waals surface area contributed by atoms with Gasteiger partial charge in [0.15, 0.2) is 0 Å². The van der Waals surface area contributed by atoms with Gasteiger partial charge in [0.25, 0.3) is 0 Å². The quantitative estimate of drug-likeness (QED) is 0.801. The van der Waals surface area contributed by atoms with Crippen LogP contribution in [0.15, 0.2) is 51.4 Å². The van der Waals surface area contributed by atoms with Crippen LogP contribution in [0.3, 0.4) is 0 Å².